The van der Waals surface area contributed by atoms with Gasteiger partial charge in [0.15, 0.2) is 5.17 Å². The summed E-state index contributed by atoms with van der Waals surface area (Å²) in [7, 11) is 1.46. The van der Waals surface area contributed by atoms with Crippen LogP contribution < -0.4 is 16.0 Å². The number of anilines is 1. The van der Waals surface area contributed by atoms with E-state index in [0.29, 0.717) is 0 Å². The highest BCUT2D eigenvalue weighted by Gasteiger charge is 2.35. The normalized spacial score (nSPS) is 18.3. The molecular weight excluding hydrogens is 463 g/mol. The number of ether oxygens (including phenoxy) is 2. The topological polar surface area (TPSA) is 118 Å². The van der Waals surface area contributed by atoms with Gasteiger partial charge in [0.1, 0.15) is 22.6 Å². The van der Waals surface area contributed by atoms with E-state index in [-0.39, 0.29) is 21.3 Å². The first-order valence-electron chi connectivity index (χ1n) is 10.5. The van der Waals surface area contributed by atoms with Crippen LogP contribution in [0.5, 0.6) is 0 Å². The first-order chi connectivity index (χ1) is 15.5. The van der Waals surface area contributed by atoms with Crippen LogP contribution in [0.25, 0.3) is 0 Å². The number of amides is 3. The van der Waals surface area contributed by atoms with Gasteiger partial charge >= 0.3 is 12.2 Å². The fourth-order valence-corrected chi connectivity index (χ4v) is 3.95. The van der Waals surface area contributed by atoms with Crippen LogP contribution in [0.2, 0.25) is 0 Å². The van der Waals surface area contributed by atoms with Crippen molar-refractivity contribution >= 4 is 40.7 Å². The van der Waals surface area contributed by atoms with E-state index in [0.717, 1.165) is 11.8 Å². The van der Waals surface area contributed by atoms with Crippen molar-refractivity contribution in [3.05, 3.63) is 40.6 Å². The molecule has 0 saturated carbocycles. The number of alkyl carbamates (subject to hydrolysis) is 1. The number of rotatable bonds is 3. The van der Waals surface area contributed by atoms with E-state index in [1.54, 1.807) is 48.5 Å². The molecule has 1 aliphatic heterocycles. The Labute approximate surface area is 202 Å². The molecule has 9 nitrogen and oxygen atoms in total. The molecule has 0 bridgehead atoms. The van der Waals surface area contributed by atoms with E-state index in [9.17, 15) is 18.8 Å². The number of aliphatic imine (C=N–C) groups is 1. The van der Waals surface area contributed by atoms with Crippen LogP contribution in [-0.2, 0) is 19.8 Å². The van der Waals surface area contributed by atoms with Crippen molar-refractivity contribution in [3.8, 4) is 0 Å². The summed E-state index contributed by atoms with van der Waals surface area (Å²) in [5.74, 6) is -1.05. The highest BCUT2D eigenvalue weighted by Crippen LogP contribution is 2.39. The Hall–Kier alpha value is -3.08. The molecule has 34 heavy (non-hydrogen) atoms. The first kappa shape index (κ1) is 27.2. The van der Waals surface area contributed by atoms with Crippen molar-refractivity contribution in [1.29, 1.82) is 0 Å². The van der Waals surface area contributed by atoms with Gasteiger partial charge in [0.25, 0.3) is 5.91 Å². The van der Waals surface area contributed by atoms with E-state index >= 15 is 0 Å². The minimum Gasteiger partial charge on any atom is -0.444 e. The van der Waals surface area contributed by atoms with Crippen LogP contribution in [0.1, 0.15) is 54.0 Å². The largest absolute Gasteiger partial charge is 0.444 e. The summed E-state index contributed by atoms with van der Waals surface area (Å²) in [6.07, 6.45) is 0.0266. The van der Waals surface area contributed by atoms with E-state index in [1.165, 1.54) is 31.3 Å². The van der Waals surface area contributed by atoms with Crippen molar-refractivity contribution in [2.75, 3.05) is 12.4 Å². The molecule has 0 saturated heterocycles. The Kier molecular flexibility index (Phi) is 8.02. The Morgan fingerprint density at radius 3 is 2.09 bits per heavy atom. The number of carbonyl (C=O) groups excluding carboxylic acids is 3. The smallest absolute Gasteiger partial charge is 0.413 e. The van der Waals surface area contributed by atoms with Crippen molar-refractivity contribution in [1.82, 2.24) is 10.6 Å². The first-order valence-corrected chi connectivity index (χ1v) is 11.4. The fraction of sp³-hybridized carbons (Fsp3) is 0.478. The number of amidine groups is 1. The van der Waals surface area contributed by atoms with Crippen LogP contribution in [-0.4, -0.2) is 41.5 Å². The second kappa shape index (κ2) is 10.0. The quantitative estimate of drug-likeness (QED) is 0.563. The van der Waals surface area contributed by atoms with E-state index in [1.807, 2.05) is 0 Å². The van der Waals surface area contributed by atoms with E-state index in [2.05, 4.69) is 20.9 Å². The van der Waals surface area contributed by atoms with Gasteiger partial charge in [-0.3, -0.25) is 15.4 Å². The fourth-order valence-electron chi connectivity index (χ4n) is 2.88. The van der Waals surface area contributed by atoms with Gasteiger partial charge in [0.2, 0.25) is 0 Å². The molecule has 0 fully saturated rings. The Morgan fingerprint density at radius 1 is 1.00 bits per heavy atom. The average molecular weight is 495 g/mol. The summed E-state index contributed by atoms with van der Waals surface area (Å²) in [5.41, 5.74) is -2.49. The van der Waals surface area contributed by atoms with E-state index in [4.69, 9.17) is 9.47 Å². The molecule has 0 radical (unpaired) electrons. The molecule has 1 atom stereocenters. The SMILES string of the molecule is CNC(=O)C1=C[C@@](C)(c2cc(NC(=O)OC(C)(C)C)ccc2F)N=C(NC(=O)OC(C)(C)C)S1. The molecule has 0 unspecified atom stereocenters. The van der Waals surface area contributed by atoms with Crippen LogP contribution in [0.15, 0.2) is 34.2 Å². The molecule has 2 rings (SSSR count). The maximum Gasteiger partial charge on any atom is 0.413 e. The molecule has 1 aliphatic rings. The number of nitrogens with zero attached hydrogens (tertiary/aromatic N) is 1. The summed E-state index contributed by atoms with van der Waals surface area (Å²) in [5, 5.41) is 7.66. The Bertz CT molecular complexity index is 1040. The Balaban J connectivity index is 2.45. The number of hydrogen-bond acceptors (Lipinski definition) is 7. The number of halogens is 1. The number of nitrogens with one attached hydrogen (secondary N) is 3. The van der Waals surface area contributed by atoms with Gasteiger partial charge < -0.3 is 14.8 Å². The van der Waals surface area contributed by atoms with E-state index < -0.39 is 40.7 Å². The molecule has 3 N–H and O–H groups in total. The van der Waals surface area contributed by atoms with Gasteiger partial charge in [-0.25, -0.2) is 19.0 Å². The lowest BCUT2D eigenvalue weighted by Crippen LogP contribution is -2.38. The van der Waals surface area contributed by atoms with Gasteiger partial charge in [-0.1, -0.05) is 0 Å². The van der Waals surface area contributed by atoms with Crippen molar-refractivity contribution < 1.29 is 28.2 Å². The predicted molar refractivity (Wildman–Crippen MR) is 130 cm³/mol. The third-order valence-corrected chi connectivity index (χ3v) is 5.08. The number of carbonyl (C=O) groups is 3. The molecule has 1 heterocycles. The lowest BCUT2D eigenvalue weighted by atomic mass is 9.91. The third-order valence-electron chi connectivity index (χ3n) is 4.17. The maximum absolute atomic E-state index is 15.0. The number of benzene rings is 1. The minimum atomic E-state index is -1.38. The molecular formula is C23H31FN4O5S. The number of likely N-dealkylation sites (N-methyl/N-ethyl adjacent to an activating group) is 1. The second-order valence-electron chi connectivity index (χ2n) is 9.70. The lowest BCUT2D eigenvalue weighted by molar-refractivity contribution is -0.116. The summed E-state index contributed by atoms with van der Waals surface area (Å²) in [6.45, 7) is 11.9. The highest BCUT2D eigenvalue weighted by molar-refractivity contribution is 8.17. The maximum atomic E-state index is 15.0. The summed E-state index contributed by atoms with van der Waals surface area (Å²) >= 11 is 0.917. The predicted octanol–water partition coefficient (Wildman–Crippen LogP) is 4.65. The zero-order valence-electron chi connectivity index (χ0n) is 20.6. The molecule has 3 amide bonds. The van der Waals surface area contributed by atoms with Crippen molar-refractivity contribution in [2.45, 2.75) is 65.2 Å². The van der Waals surface area contributed by atoms with Gasteiger partial charge in [0.05, 0.1) is 4.91 Å². The molecule has 11 heteroatoms. The van der Waals surface area contributed by atoms with Gasteiger partial charge in [0, 0.05) is 18.3 Å². The molecule has 0 spiro atoms. The second-order valence-corrected chi connectivity index (χ2v) is 10.7. The molecule has 0 aliphatic carbocycles. The molecule has 0 aromatic heterocycles. The summed E-state index contributed by atoms with van der Waals surface area (Å²) in [6, 6.07) is 3.97. The van der Waals surface area contributed by atoms with Crippen LogP contribution in [0.3, 0.4) is 0 Å². The third kappa shape index (κ3) is 7.75. The zero-order valence-corrected chi connectivity index (χ0v) is 21.4. The molecule has 1 aromatic carbocycles. The molecule has 1 aromatic rings. The monoisotopic (exact) mass is 494 g/mol. The van der Waals surface area contributed by atoms with Gasteiger partial charge in [-0.2, -0.15) is 0 Å². The van der Waals surface area contributed by atoms with Crippen LogP contribution in [0.4, 0.5) is 19.7 Å². The summed E-state index contributed by atoms with van der Waals surface area (Å²) in [4.78, 5) is 41.6. The highest BCUT2D eigenvalue weighted by atomic mass is 32.2. The summed E-state index contributed by atoms with van der Waals surface area (Å²) < 4.78 is 25.5. The van der Waals surface area contributed by atoms with Gasteiger partial charge in [-0.15, -0.1) is 0 Å². The van der Waals surface area contributed by atoms with Crippen molar-refractivity contribution in [3.63, 3.8) is 0 Å². The number of hydrogen-bond donors (Lipinski definition) is 3. The van der Waals surface area contributed by atoms with Crippen molar-refractivity contribution in [2.24, 2.45) is 4.99 Å². The molecule has 186 valence electrons. The van der Waals surface area contributed by atoms with Crippen LogP contribution >= 0.6 is 11.8 Å². The minimum absolute atomic E-state index is 0.0581. The Morgan fingerprint density at radius 2 is 1.56 bits per heavy atom. The van der Waals surface area contributed by atoms with Crippen LogP contribution in [0, 0.1) is 5.82 Å². The zero-order chi connectivity index (χ0) is 25.9. The number of thioether (sulfide) groups is 1. The average Bonchev–Trinajstić information content (AvgIpc) is 2.65. The lowest BCUT2D eigenvalue weighted by Gasteiger charge is -2.29. The van der Waals surface area contributed by atoms with Gasteiger partial charge in [-0.05, 0) is 84.5 Å². The standard InChI is InChI=1S/C23H31FN4O5S/c1-21(2,3)32-19(30)26-13-9-10-15(24)14(11-13)23(7)12-16(17(29)25-8)34-18(28-23)27-20(31)33-22(4,5)6/h9-12H,1-8H3,(H,25,29)(H,26,30)(H,27,28,31)/t23-/m0/s1.